The van der Waals surface area contributed by atoms with Gasteiger partial charge in [-0.3, -0.25) is 4.79 Å². The Kier molecular flexibility index (Phi) is 5.22. The predicted octanol–water partition coefficient (Wildman–Crippen LogP) is 1.60. The van der Waals surface area contributed by atoms with E-state index in [4.69, 9.17) is 9.84 Å². The first-order chi connectivity index (χ1) is 7.62. The summed E-state index contributed by atoms with van der Waals surface area (Å²) in [5, 5.41) is 8.85. The molecule has 94 valence electrons. The first-order valence-corrected chi connectivity index (χ1v) is 6.14. The second-order valence-corrected chi connectivity index (χ2v) is 4.64. The van der Waals surface area contributed by atoms with E-state index in [1.165, 1.54) is 0 Å². The molecule has 0 spiro atoms. The molecular weight excluding hydrogens is 206 g/mol. The Labute approximate surface area is 97.6 Å². The van der Waals surface area contributed by atoms with Crippen LogP contribution in [0.25, 0.3) is 0 Å². The summed E-state index contributed by atoms with van der Waals surface area (Å²) in [4.78, 5) is 13.0. The molecule has 4 nitrogen and oxygen atoms in total. The van der Waals surface area contributed by atoms with Crippen LogP contribution < -0.4 is 0 Å². The Bertz CT molecular complexity index is 226. The maximum absolute atomic E-state index is 10.7. The zero-order valence-corrected chi connectivity index (χ0v) is 10.4. The molecule has 1 N–H and O–H groups in total. The molecule has 0 heterocycles. The molecule has 0 aromatic heterocycles. The summed E-state index contributed by atoms with van der Waals surface area (Å²) >= 11 is 0. The van der Waals surface area contributed by atoms with Crippen molar-refractivity contribution in [2.24, 2.45) is 5.41 Å². The molecule has 0 saturated heterocycles. The number of rotatable bonds is 9. The van der Waals surface area contributed by atoms with Crippen molar-refractivity contribution in [3.63, 3.8) is 0 Å². The Morgan fingerprint density at radius 1 is 1.44 bits per heavy atom. The molecule has 0 aliphatic heterocycles. The molecular formula is C12H23NO3. The van der Waals surface area contributed by atoms with Gasteiger partial charge in [-0.15, -0.1) is 0 Å². The van der Waals surface area contributed by atoms with E-state index in [0.29, 0.717) is 6.42 Å². The quantitative estimate of drug-likeness (QED) is 0.610. The van der Waals surface area contributed by atoms with Gasteiger partial charge in [-0.25, -0.2) is 0 Å². The van der Waals surface area contributed by atoms with E-state index in [9.17, 15) is 4.79 Å². The van der Waals surface area contributed by atoms with Crippen LogP contribution in [-0.4, -0.2) is 48.8 Å². The van der Waals surface area contributed by atoms with Gasteiger partial charge >= 0.3 is 5.97 Å². The highest BCUT2D eigenvalue weighted by atomic mass is 16.5. The summed E-state index contributed by atoms with van der Waals surface area (Å²) in [6, 6.07) is 0. The zero-order valence-electron chi connectivity index (χ0n) is 10.4. The lowest BCUT2D eigenvalue weighted by Gasteiger charge is -2.25. The minimum Gasteiger partial charge on any atom is -0.481 e. The van der Waals surface area contributed by atoms with E-state index >= 15 is 0 Å². The SMILES string of the molecule is CCOCCN(CC)CC1(CC(=O)O)CC1. The van der Waals surface area contributed by atoms with Crippen molar-refractivity contribution in [3.8, 4) is 0 Å². The third-order valence-corrected chi connectivity index (χ3v) is 3.25. The predicted molar refractivity (Wildman–Crippen MR) is 62.5 cm³/mol. The van der Waals surface area contributed by atoms with Gasteiger partial charge in [0, 0.05) is 19.7 Å². The average molecular weight is 229 g/mol. The fraction of sp³-hybridized carbons (Fsp3) is 0.917. The zero-order chi connectivity index (χ0) is 12.0. The van der Waals surface area contributed by atoms with Gasteiger partial charge < -0.3 is 14.7 Å². The highest BCUT2D eigenvalue weighted by Gasteiger charge is 2.45. The molecule has 0 amide bonds. The number of hydrogen-bond acceptors (Lipinski definition) is 3. The summed E-state index contributed by atoms with van der Waals surface area (Å²) in [6.45, 7) is 8.38. The van der Waals surface area contributed by atoms with Crippen LogP contribution in [0.4, 0.5) is 0 Å². The second-order valence-electron chi connectivity index (χ2n) is 4.64. The van der Waals surface area contributed by atoms with Crippen molar-refractivity contribution < 1.29 is 14.6 Å². The van der Waals surface area contributed by atoms with Crippen molar-refractivity contribution in [1.82, 2.24) is 4.90 Å². The Morgan fingerprint density at radius 3 is 2.56 bits per heavy atom. The number of likely N-dealkylation sites (N-methyl/N-ethyl adjacent to an activating group) is 1. The molecule has 0 atom stereocenters. The van der Waals surface area contributed by atoms with Crippen LogP contribution in [0.3, 0.4) is 0 Å². The number of carboxylic acids is 1. The van der Waals surface area contributed by atoms with Crippen molar-refractivity contribution in [3.05, 3.63) is 0 Å². The Hall–Kier alpha value is -0.610. The topological polar surface area (TPSA) is 49.8 Å². The number of hydrogen-bond donors (Lipinski definition) is 1. The van der Waals surface area contributed by atoms with Crippen LogP contribution in [0.1, 0.15) is 33.1 Å². The van der Waals surface area contributed by atoms with E-state index < -0.39 is 5.97 Å². The van der Waals surface area contributed by atoms with Crippen molar-refractivity contribution >= 4 is 5.97 Å². The largest absolute Gasteiger partial charge is 0.481 e. The lowest BCUT2D eigenvalue weighted by molar-refractivity contribution is -0.138. The fourth-order valence-electron chi connectivity index (χ4n) is 2.05. The van der Waals surface area contributed by atoms with Crippen molar-refractivity contribution in [2.75, 3.05) is 32.8 Å². The molecule has 0 aromatic rings. The molecule has 0 bridgehead atoms. The monoisotopic (exact) mass is 229 g/mol. The smallest absolute Gasteiger partial charge is 0.303 e. The molecule has 1 aliphatic carbocycles. The minimum atomic E-state index is -0.668. The van der Waals surface area contributed by atoms with E-state index in [1.54, 1.807) is 0 Å². The number of ether oxygens (including phenoxy) is 1. The van der Waals surface area contributed by atoms with E-state index in [1.807, 2.05) is 6.92 Å². The third-order valence-electron chi connectivity index (χ3n) is 3.25. The Morgan fingerprint density at radius 2 is 2.12 bits per heavy atom. The van der Waals surface area contributed by atoms with Crippen LogP contribution in [0.15, 0.2) is 0 Å². The number of carboxylic acid groups (broad SMARTS) is 1. The average Bonchev–Trinajstić information content (AvgIpc) is 2.96. The van der Waals surface area contributed by atoms with E-state index in [0.717, 1.165) is 45.7 Å². The fourth-order valence-corrected chi connectivity index (χ4v) is 2.05. The van der Waals surface area contributed by atoms with Crippen LogP contribution in [0, 0.1) is 5.41 Å². The first kappa shape index (κ1) is 13.5. The summed E-state index contributed by atoms with van der Waals surface area (Å²) in [7, 11) is 0. The normalized spacial score (nSPS) is 17.7. The van der Waals surface area contributed by atoms with Gasteiger partial charge in [0.2, 0.25) is 0 Å². The molecule has 1 aliphatic rings. The van der Waals surface area contributed by atoms with Gasteiger partial charge in [0.1, 0.15) is 0 Å². The van der Waals surface area contributed by atoms with Gasteiger partial charge in [-0.2, -0.15) is 0 Å². The van der Waals surface area contributed by atoms with Crippen LogP contribution in [-0.2, 0) is 9.53 Å². The number of aliphatic carboxylic acids is 1. The molecule has 1 fully saturated rings. The molecule has 0 aromatic carbocycles. The molecule has 0 unspecified atom stereocenters. The van der Waals surface area contributed by atoms with Crippen LogP contribution in [0.2, 0.25) is 0 Å². The second kappa shape index (κ2) is 6.21. The van der Waals surface area contributed by atoms with E-state index in [-0.39, 0.29) is 5.41 Å². The van der Waals surface area contributed by atoms with Gasteiger partial charge in [0.05, 0.1) is 13.0 Å². The highest BCUT2D eigenvalue weighted by Crippen LogP contribution is 2.49. The summed E-state index contributed by atoms with van der Waals surface area (Å²) in [5.41, 5.74) is 0.0635. The van der Waals surface area contributed by atoms with Gasteiger partial charge in [0.15, 0.2) is 0 Å². The molecule has 0 radical (unpaired) electrons. The maximum Gasteiger partial charge on any atom is 0.303 e. The number of carbonyl (C=O) groups is 1. The lowest BCUT2D eigenvalue weighted by atomic mass is 10.0. The lowest BCUT2D eigenvalue weighted by Crippen LogP contribution is -2.34. The maximum atomic E-state index is 10.7. The summed E-state index contributed by atoms with van der Waals surface area (Å²) in [6.07, 6.45) is 2.44. The van der Waals surface area contributed by atoms with Crippen molar-refractivity contribution in [2.45, 2.75) is 33.1 Å². The Balaban J connectivity index is 2.29. The first-order valence-electron chi connectivity index (χ1n) is 6.14. The molecule has 4 heteroatoms. The summed E-state index contributed by atoms with van der Waals surface area (Å²) in [5.74, 6) is -0.668. The van der Waals surface area contributed by atoms with Crippen LogP contribution >= 0.6 is 0 Å². The molecule has 1 rings (SSSR count). The highest BCUT2D eigenvalue weighted by molar-refractivity contribution is 5.68. The van der Waals surface area contributed by atoms with Gasteiger partial charge in [0.25, 0.3) is 0 Å². The standard InChI is InChI=1S/C12H23NO3/c1-3-13(7-8-16-4-2)10-12(5-6-12)9-11(14)15/h3-10H2,1-2H3,(H,14,15). The van der Waals surface area contributed by atoms with E-state index in [2.05, 4.69) is 11.8 Å². The molecule has 16 heavy (non-hydrogen) atoms. The minimum absolute atomic E-state index is 0.0635. The number of nitrogens with zero attached hydrogens (tertiary/aromatic N) is 1. The third kappa shape index (κ3) is 4.49. The van der Waals surface area contributed by atoms with Crippen molar-refractivity contribution in [1.29, 1.82) is 0 Å². The van der Waals surface area contributed by atoms with Gasteiger partial charge in [-0.1, -0.05) is 6.92 Å². The van der Waals surface area contributed by atoms with Crippen LogP contribution in [0.5, 0.6) is 0 Å². The summed E-state index contributed by atoms with van der Waals surface area (Å²) < 4.78 is 5.32. The van der Waals surface area contributed by atoms with Gasteiger partial charge in [-0.05, 0) is 31.7 Å². The molecule has 1 saturated carbocycles.